The monoisotopic (exact) mass is 181 g/mol. The molecule has 0 bridgehead atoms. The molecule has 1 aromatic carbocycles. The van der Waals surface area contributed by atoms with E-state index in [1.54, 1.807) is 13.0 Å². The molecule has 1 rings (SSSR count). The minimum Gasteiger partial charge on any atom is -0.313 e. The molecule has 0 radical (unpaired) electrons. The molecule has 2 heteroatoms. The van der Waals surface area contributed by atoms with Gasteiger partial charge in [0, 0.05) is 6.54 Å². The Morgan fingerprint density at radius 1 is 1.38 bits per heavy atom. The van der Waals surface area contributed by atoms with Crippen LogP contribution in [0, 0.1) is 12.7 Å². The zero-order chi connectivity index (χ0) is 9.68. The maximum atomic E-state index is 13.1. The van der Waals surface area contributed by atoms with Crippen LogP contribution in [0.3, 0.4) is 0 Å². The summed E-state index contributed by atoms with van der Waals surface area (Å²) in [4.78, 5) is 0. The number of hydrogen-bond donors (Lipinski definition) is 1. The van der Waals surface area contributed by atoms with Gasteiger partial charge >= 0.3 is 0 Å². The van der Waals surface area contributed by atoms with Gasteiger partial charge in [-0.1, -0.05) is 19.1 Å². The van der Waals surface area contributed by atoms with E-state index in [4.69, 9.17) is 0 Å². The number of nitrogens with one attached hydrogen (secondary N) is 1. The normalized spacial score (nSPS) is 10.4. The van der Waals surface area contributed by atoms with Crippen molar-refractivity contribution in [2.45, 2.75) is 26.8 Å². The molecule has 1 aromatic rings. The van der Waals surface area contributed by atoms with Crippen molar-refractivity contribution in [2.24, 2.45) is 0 Å². The molecule has 0 spiro atoms. The van der Waals surface area contributed by atoms with Crippen LogP contribution in [0.2, 0.25) is 0 Å². The Bertz CT molecular complexity index is 271. The minimum absolute atomic E-state index is 0.115. The summed E-state index contributed by atoms with van der Waals surface area (Å²) in [5, 5.41) is 3.23. The number of rotatable bonds is 4. The summed E-state index contributed by atoms with van der Waals surface area (Å²) in [6.07, 6.45) is 1.11. The lowest BCUT2D eigenvalue weighted by molar-refractivity contribution is 0.610. The molecular weight excluding hydrogens is 165 g/mol. The van der Waals surface area contributed by atoms with Crippen molar-refractivity contribution < 1.29 is 4.39 Å². The van der Waals surface area contributed by atoms with Crippen molar-refractivity contribution in [3.63, 3.8) is 0 Å². The van der Waals surface area contributed by atoms with Gasteiger partial charge in [-0.25, -0.2) is 4.39 Å². The van der Waals surface area contributed by atoms with Crippen LogP contribution < -0.4 is 5.32 Å². The van der Waals surface area contributed by atoms with E-state index in [2.05, 4.69) is 12.2 Å². The number of hydrogen-bond acceptors (Lipinski definition) is 1. The molecule has 0 fully saturated rings. The van der Waals surface area contributed by atoms with E-state index in [1.165, 1.54) is 0 Å². The Hall–Kier alpha value is -0.890. The quantitative estimate of drug-likeness (QED) is 0.704. The SMILES string of the molecule is CCCNCc1ccc(C)c(F)c1. The highest BCUT2D eigenvalue weighted by Gasteiger charge is 1.98. The van der Waals surface area contributed by atoms with Crippen molar-refractivity contribution >= 4 is 0 Å². The summed E-state index contributed by atoms with van der Waals surface area (Å²) in [5.41, 5.74) is 1.72. The summed E-state index contributed by atoms with van der Waals surface area (Å²) >= 11 is 0. The molecule has 0 saturated heterocycles. The number of halogens is 1. The Morgan fingerprint density at radius 3 is 2.77 bits per heavy atom. The van der Waals surface area contributed by atoms with E-state index in [9.17, 15) is 4.39 Å². The third-order valence-corrected chi connectivity index (χ3v) is 1.99. The van der Waals surface area contributed by atoms with Gasteiger partial charge in [-0.05, 0) is 37.1 Å². The van der Waals surface area contributed by atoms with Crippen molar-refractivity contribution in [3.05, 3.63) is 35.1 Å². The van der Waals surface area contributed by atoms with E-state index in [1.807, 2.05) is 12.1 Å². The van der Waals surface area contributed by atoms with Gasteiger partial charge in [0.25, 0.3) is 0 Å². The Morgan fingerprint density at radius 2 is 2.15 bits per heavy atom. The maximum Gasteiger partial charge on any atom is 0.126 e. The fourth-order valence-corrected chi connectivity index (χ4v) is 1.16. The van der Waals surface area contributed by atoms with Gasteiger partial charge in [0.05, 0.1) is 0 Å². The molecule has 0 aliphatic heterocycles. The van der Waals surface area contributed by atoms with Crippen LogP contribution in [0.15, 0.2) is 18.2 Å². The predicted molar refractivity (Wildman–Crippen MR) is 53.1 cm³/mol. The average molecular weight is 181 g/mol. The lowest BCUT2D eigenvalue weighted by atomic mass is 10.1. The molecule has 0 aliphatic carbocycles. The predicted octanol–water partition coefficient (Wildman–Crippen LogP) is 2.63. The van der Waals surface area contributed by atoms with Crippen LogP contribution >= 0.6 is 0 Å². The van der Waals surface area contributed by atoms with Gasteiger partial charge in [0.2, 0.25) is 0 Å². The van der Waals surface area contributed by atoms with E-state index in [-0.39, 0.29) is 5.82 Å². The topological polar surface area (TPSA) is 12.0 Å². The molecule has 0 aliphatic rings. The van der Waals surface area contributed by atoms with Crippen molar-refractivity contribution in [2.75, 3.05) is 6.54 Å². The fourth-order valence-electron chi connectivity index (χ4n) is 1.16. The van der Waals surface area contributed by atoms with E-state index in [0.29, 0.717) is 5.56 Å². The molecule has 0 atom stereocenters. The standard InChI is InChI=1S/C11H16FN/c1-3-6-13-8-10-5-4-9(2)11(12)7-10/h4-5,7,13H,3,6,8H2,1-2H3. The van der Waals surface area contributed by atoms with Crippen LogP contribution in [0.4, 0.5) is 4.39 Å². The lowest BCUT2D eigenvalue weighted by Crippen LogP contribution is -2.13. The Labute approximate surface area is 79.0 Å². The van der Waals surface area contributed by atoms with Crippen LogP contribution in [0.1, 0.15) is 24.5 Å². The summed E-state index contributed by atoms with van der Waals surface area (Å²) in [6.45, 7) is 5.63. The van der Waals surface area contributed by atoms with Crippen LogP contribution in [0.5, 0.6) is 0 Å². The zero-order valence-electron chi connectivity index (χ0n) is 8.23. The molecule has 13 heavy (non-hydrogen) atoms. The average Bonchev–Trinajstić information content (AvgIpc) is 2.12. The van der Waals surface area contributed by atoms with Gasteiger partial charge in [0.15, 0.2) is 0 Å². The second kappa shape index (κ2) is 4.97. The third-order valence-electron chi connectivity index (χ3n) is 1.99. The molecule has 0 aromatic heterocycles. The summed E-state index contributed by atoms with van der Waals surface area (Å²) in [6, 6.07) is 5.37. The molecule has 0 saturated carbocycles. The van der Waals surface area contributed by atoms with Crippen molar-refractivity contribution in [1.82, 2.24) is 5.32 Å². The van der Waals surface area contributed by atoms with Gasteiger partial charge in [0.1, 0.15) is 5.82 Å². The van der Waals surface area contributed by atoms with Gasteiger partial charge in [-0.3, -0.25) is 0 Å². The van der Waals surface area contributed by atoms with E-state index < -0.39 is 0 Å². The molecule has 1 nitrogen and oxygen atoms in total. The Kier molecular flexibility index (Phi) is 3.90. The second-order valence-corrected chi connectivity index (χ2v) is 3.26. The van der Waals surface area contributed by atoms with E-state index in [0.717, 1.165) is 25.1 Å². The first kappa shape index (κ1) is 10.2. The molecule has 1 N–H and O–H groups in total. The molecular formula is C11H16FN. The van der Waals surface area contributed by atoms with Crippen LogP contribution in [-0.4, -0.2) is 6.54 Å². The van der Waals surface area contributed by atoms with Gasteiger partial charge < -0.3 is 5.32 Å². The first-order chi connectivity index (χ1) is 6.24. The van der Waals surface area contributed by atoms with Crippen molar-refractivity contribution in [3.8, 4) is 0 Å². The minimum atomic E-state index is -0.115. The number of benzene rings is 1. The van der Waals surface area contributed by atoms with E-state index >= 15 is 0 Å². The first-order valence-electron chi connectivity index (χ1n) is 4.69. The Balaban J connectivity index is 2.53. The highest BCUT2D eigenvalue weighted by atomic mass is 19.1. The summed E-state index contributed by atoms with van der Waals surface area (Å²) in [7, 11) is 0. The number of aryl methyl sites for hydroxylation is 1. The maximum absolute atomic E-state index is 13.1. The zero-order valence-corrected chi connectivity index (χ0v) is 8.23. The first-order valence-corrected chi connectivity index (χ1v) is 4.69. The molecule has 0 amide bonds. The molecule has 72 valence electrons. The summed E-state index contributed by atoms with van der Waals surface area (Å²) < 4.78 is 13.1. The fraction of sp³-hybridized carbons (Fsp3) is 0.455. The highest BCUT2D eigenvalue weighted by molar-refractivity contribution is 5.23. The van der Waals surface area contributed by atoms with Crippen molar-refractivity contribution in [1.29, 1.82) is 0 Å². The molecule has 0 unspecified atom stereocenters. The van der Waals surface area contributed by atoms with Crippen LogP contribution in [-0.2, 0) is 6.54 Å². The van der Waals surface area contributed by atoms with Crippen LogP contribution in [0.25, 0.3) is 0 Å². The second-order valence-electron chi connectivity index (χ2n) is 3.26. The lowest BCUT2D eigenvalue weighted by Gasteiger charge is -2.04. The third kappa shape index (κ3) is 3.15. The molecule has 0 heterocycles. The van der Waals surface area contributed by atoms with Gasteiger partial charge in [-0.15, -0.1) is 0 Å². The highest BCUT2D eigenvalue weighted by Crippen LogP contribution is 2.08. The largest absolute Gasteiger partial charge is 0.313 e. The van der Waals surface area contributed by atoms with Gasteiger partial charge in [-0.2, -0.15) is 0 Å². The summed E-state index contributed by atoms with van der Waals surface area (Å²) in [5.74, 6) is -0.115. The smallest absolute Gasteiger partial charge is 0.126 e.